The Morgan fingerprint density at radius 3 is 2.38 bits per heavy atom. The first-order valence-corrected chi connectivity index (χ1v) is 11.6. The highest BCUT2D eigenvalue weighted by molar-refractivity contribution is 7.80. The molecule has 170 valence electrons. The highest BCUT2D eigenvalue weighted by Crippen LogP contribution is 2.32. The molecule has 0 spiro atoms. The number of hydrogen-bond donors (Lipinski definition) is 0. The predicted octanol–water partition coefficient (Wildman–Crippen LogP) is 6.00. The SMILES string of the molecule is CCc1cccc2c(/C=C3/C(=O)N(c4ccccc4)C(=S)N3C)cn(Cc3ccccc3F)c12. The maximum Gasteiger partial charge on any atom is 0.281 e. The Balaban J connectivity index is 1.62. The summed E-state index contributed by atoms with van der Waals surface area (Å²) in [6.45, 7) is 2.51. The van der Waals surface area contributed by atoms with Crippen molar-refractivity contribution in [1.82, 2.24) is 9.47 Å². The second-order valence-electron chi connectivity index (χ2n) is 8.32. The van der Waals surface area contributed by atoms with Gasteiger partial charge in [-0.25, -0.2) is 4.39 Å². The first-order chi connectivity index (χ1) is 16.5. The molecule has 0 radical (unpaired) electrons. The maximum absolute atomic E-state index is 14.4. The zero-order valence-electron chi connectivity index (χ0n) is 19.0. The number of aromatic nitrogens is 1. The van der Waals surface area contributed by atoms with E-state index in [9.17, 15) is 9.18 Å². The van der Waals surface area contributed by atoms with E-state index in [1.807, 2.05) is 67.9 Å². The fourth-order valence-corrected chi connectivity index (χ4v) is 4.80. The van der Waals surface area contributed by atoms with Crippen molar-refractivity contribution in [2.75, 3.05) is 11.9 Å². The van der Waals surface area contributed by atoms with Gasteiger partial charge in [-0.1, -0.05) is 61.5 Å². The Labute approximate surface area is 203 Å². The summed E-state index contributed by atoms with van der Waals surface area (Å²) in [5.74, 6) is -0.395. The molecule has 0 atom stereocenters. The number of halogens is 1. The average Bonchev–Trinajstić information content (AvgIpc) is 3.31. The predicted molar refractivity (Wildman–Crippen MR) is 139 cm³/mol. The van der Waals surface area contributed by atoms with Gasteiger partial charge in [0.15, 0.2) is 5.11 Å². The summed E-state index contributed by atoms with van der Waals surface area (Å²) in [6.07, 6.45) is 4.73. The summed E-state index contributed by atoms with van der Waals surface area (Å²) >= 11 is 5.60. The molecule has 0 bridgehead atoms. The van der Waals surface area contributed by atoms with Crippen molar-refractivity contribution in [3.05, 3.63) is 107 Å². The summed E-state index contributed by atoms with van der Waals surface area (Å²) in [5.41, 5.74) is 4.98. The van der Waals surface area contributed by atoms with Crippen LogP contribution < -0.4 is 4.90 Å². The number of aryl methyl sites for hydroxylation is 1. The molecule has 0 aliphatic carbocycles. The van der Waals surface area contributed by atoms with Gasteiger partial charge in [0.1, 0.15) is 11.5 Å². The van der Waals surface area contributed by atoms with Crippen LogP contribution in [0.1, 0.15) is 23.6 Å². The Morgan fingerprint density at radius 2 is 1.65 bits per heavy atom. The van der Waals surface area contributed by atoms with Crippen LogP contribution in [0.4, 0.5) is 10.1 Å². The zero-order chi connectivity index (χ0) is 23.8. The normalized spacial score (nSPS) is 15.2. The van der Waals surface area contributed by atoms with Crippen LogP contribution in [0, 0.1) is 5.82 Å². The zero-order valence-corrected chi connectivity index (χ0v) is 19.8. The smallest absolute Gasteiger partial charge is 0.281 e. The summed E-state index contributed by atoms with van der Waals surface area (Å²) in [6, 6.07) is 22.4. The number of rotatable bonds is 5. The van der Waals surface area contributed by atoms with Gasteiger partial charge in [0.25, 0.3) is 5.91 Å². The summed E-state index contributed by atoms with van der Waals surface area (Å²) < 4.78 is 16.5. The molecule has 1 aliphatic rings. The van der Waals surface area contributed by atoms with Crippen LogP contribution >= 0.6 is 12.2 Å². The van der Waals surface area contributed by atoms with Gasteiger partial charge >= 0.3 is 0 Å². The molecule has 0 N–H and O–H groups in total. The third kappa shape index (κ3) is 3.70. The Hall–Kier alpha value is -3.77. The fraction of sp³-hybridized carbons (Fsp3) is 0.143. The summed E-state index contributed by atoms with van der Waals surface area (Å²) in [7, 11) is 1.81. The van der Waals surface area contributed by atoms with Gasteiger partial charge in [0, 0.05) is 29.8 Å². The molecule has 0 saturated carbocycles. The van der Waals surface area contributed by atoms with Crippen LogP contribution in [-0.4, -0.2) is 27.5 Å². The van der Waals surface area contributed by atoms with E-state index in [0.717, 1.165) is 28.6 Å². The Kier molecular flexibility index (Phi) is 5.75. The third-order valence-corrected chi connectivity index (χ3v) is 6.72. The molecule has 34 heavy (non-hydrogen) atoms. The number of nitrogens with zero attached hydrogens (tertiary/aromatic N) is 3. The monoisotopic (exact) mass is 469 g/mol. The number of para-hydroxylation sites is 2. The number of carbonyl (C=O) groups excluding carboxylic acids is 1. The van der Waals surface area contributed by atoms with Crippen LogP contribution in [0.15, 0.2) is 84.7 Å². The topological polar surface area (TPSA) is 28.5 Å². The summed E-state index contributed by atoms with van der Waals surface area (Å²) in [5, 5.41) is 1.46. The number of likely N-dealkylation sites (N-methyl/N-ethyl adjacent to an activating group) is 1. The second-order valence-corrected chi connectivity index (χ2v) is 8.68. The van der Waals surface area contributed by atoms with E-state index in [1.165, 1.54) is 11.6 Å². The van der Waals surface area contributed by atoms with Gasteiger partial charge in [-0.2, -0.15) is 0 Å². The van der Waals surface area contributed by atoms with Crippen molar-refractivity contribution in [1.29, 1.82) is 0 Å². The quantitative estimate of drug-likeness (QED) is 0.265. The van der Waals surface area contributed by atoms with Crippen LogP contribution in [0.5, 0.6) is 0 Å². The van der Waals surface area contributed by atoms with Crippen LogP contribution in [0.2, 0.25) is 0 Å². The summed E-state index contributed by atoms with van der Waals surface area (Å²) in [4.78, 5) is 16.7. The lowest BCUT2D eigenvalue weighted by Crippen LogP contribution is -2.30. The van der Waals surface area contributed by atoms with E-state index in [1.54, 1.807) is 21.9 Å². The van der Waals surface area contributed by atoms with E-state index in [4.69, 9.17) is 12.2 Å². The van der Waals surface area contributed by atoms with E-state index >= 15 is 0 Å². The Bertz CT molecular complexity index is 1440. The minimum absolute atomic E-state index is 0.166. The van der Waals surface area contributed by atoms with Crippen LogP contribution in [0.25, 0.3) is 17.0 Å². The molecular weight excluding hydrogens is 445 g/mol. The molecule has 1 saturated heterocycles. The van der Waals surface area contributed by atoms with E-state index in [0.29, 0.717) is 22.9 Å². The highest BCUT2D eigenvalue weighted by Gasteiger charge is 2.36. The van der Waals surface area contributed by atoms with E-state index in [2.05, 4.69) is 17.6 Å². The third-order valence-electron chi connectivity index (χ3n) is 6.26. The van der Waals surface area contributed by atoms with Gasteiger partial charge in [0.05, 0.1) is 17.7 Å². The lowest BCUT2D eigenvalue weighted by atomic mass is 10.1. The van der Waals surface area contributed by atoms with Crippen LogP contribution in [0.3, 0.4) is 0 Å². The van der Waals surface area contributed by atoms with Gasteiger partial charge in [0.2, 0.25) is 0 Å². The average molecular weight is 470 g/mol. The molecule has 3 aromatic carbocycles. The molecule has 1 aliphatic heterocycles. The second kappa shape index (κ2) is 8.88. The van der Waals surface area contributed by atoms with Crippen molar-refractivity contribution in [3.8, 4) is 0 Å². The van der Waals surface area contributed by atoms with Gasteiger partial charge in [-0.3, -0.25) is 9.69 Å². The number of benzene rings is 3. The molecule has 6 heteroatoms. The fourth-order valence-electron chi connectivity index (χ4n) is 4.51. The molecule has 4 nitrogen and oxygen atoms in total. The number of anilines is 1. The van der Waals surface area contributed by atoms with Crippen molar-refractivity contribution in [3.63, 3.8) is 0 Å². The van der Waals surface area contributed by atoms with Crippen LogP contribution in [-0.2, 0) is 17.8 Å². The molecule has 1 fully saturated rings. The number of carbonyl (C=O) groups is 1. The molecule has 0 unspecified atom stereocenters. The number of hydrogen-bond acceptors (Lipinski definition) is 2. The Morgan fingerprint density at radius 1 is 0.941 bits per heavy atom. The molecule has 1 amide bonds. The lowest BCUT2D eigenvalue weighted by Gasteiger charge is -2.16. The highest BCUT2D eigenvalue weighted by atomic mass is 32.1. The maximum atomic E-state index is 14.4. The molecular formula is C28H24FN3OS. The lowest BCUT2D eigenvalue weighted by molar-refractivity contribution is -0.114. The van der Waals surface area contributed by atoms with Gasteiger partial charge < -0.3 is 9.47 Å². The minimum atomic E-state index is -0.229. The number of amides is 1. The number of thiocarbonyl (C=S) groups is 1. The van der Waals surface area contributed by atoms with Crippen molar-refractivity contribution in [2.24, 2.45) is 0 Å². The van der Waals surface area contributed by atoms with Crippen molar-refractivity contribution >= 4 is 45.9 Å². The van der Waals surface area contributed by atoms with Gasteiger partial charge in [-0.05, 0) is 48.5 Å². The molecule has 2 heterocycles. The standard InChI is InChI=1S/C28H24FN3OS/c1-3-19-11-9-14-23-21(18-31(26(19)23)17-20-10-7-8-15-24(20)29)16-25-27(33)32(28(34)30(25)2)22-12-5-4-6-13-22/h4-16,18H,3,17H2,1-2H3/b25-16-. The molecule has 1 aromatic heterocycles. The minimum Gasteiger partial charge on any atom is -0.342 e. The first kappa shape index (κ1) is 22.0. The first-order valence-electron chi connectivity index (χ1n) is 11.2. The van der Waals surface area contributed by atoms with E-state index in [-0.39, 0.29) is 11.7 Å². The molecule has 5 rings (SSSR count). The number of fused-ring (bicyclic) bond motifs is 1. The van der Waals surface area contributed by atoms with E-state index < -0.39 is 0 Å². The molecule has 4 aromatic rings. The van der Waals surface area contributed by atoms with Crippen molar-refractivity contribution in [2.45, 2.75) is 19.9 Å². The largest absolute Gasteiger partial charge is 0.342 e. The van der Waals surface area contributed by atoms with Gasteiger partial charge in [-0.15, -0.1) is 0 Å². The van der Waals surface area contributed by atoms with Crippen molar-refractivity contribution < 1.29 is 9.18 Å².